The Balaban J connectivity index is 2.86. The molecule has 0 aromatic rings. The summed E-state index contributed by atoms with van der Waals surface area (Å²) in [6.45, 7) is -0.374. The molecular formula is C14H25N3O8. The van der Waals surface area contributed by atoms with Gasteiger partial charge in [-0.1, -0.05) is 0 Å². The molecule has 6 atom stereocenters. The Labute approximate surface area is 144 Å². The number of nitrogens with one attached hydrogen (secondary N) is 3. The third kappa shape index (κ3) is 6.30. The van der Waals surface area contributed by atoms with Gasteiger partial charge in [-0.3, -0.25) is 14.9 Å². The van der Waals surface area contributed by atoms with Crippen molar-refractivity contribution in [2.75, 3.05) is 19.6 Å². The molecule has 8 N–H and O–H groups in total. The van der Waals surface area contributed by atoms with Gasteiger partial charge in [-0.25, -0.2) is 0 Å². The lowest BCUT2D eigenvalue weighted by molar-refractivity contribution is -0.139. The topological polar surface area (TPSA) is 188 Å². The molecule has 0 radical (unpaired) electrons. The molecule has 0 aromatic heterocycles. The second kappa shape index (κ2) is 10.4. The van der Waals surface area contributed by atoms with Crippen LogP contribution in [0.2, 0.25) is 0 Å². The van der Waals surface area contributed by atoms with Crippen LogP contribution in [0.1, 0.15) is 12.8 Å². The normalized spacial score (nSPS) is 32.3. The minimum Gasteiger partial charge on any atom is -0.481 e. The first-order valence-electron chi connectivity index (χ1n) is 7.91. The predicted octanol–water partition coefficient (Wildman–Crippen LogP) is -3.89. The van der Waals surface area contributed by atoms with Crippen molar-refractivity contribution < 1.29 is 39.9 Å². The van der Waals surface area contributed by atoms with E-state index in [2.05, 4.69) is 16.0 Å². The van der Waals surface area contributed by atoms with Crippen LogP contribution >= 0.6 is 0 Å². The first-order valence-corrected chi connectivity index (χ1v) is 7.91. The molecule has 1 aliphatic carbocycles. The molecular weight excluding hydrogens is 338 g/mol. The number of carbonyl (C=O) groups is 3. The van der Waals surface area contributed by atoms with Crippen LogP contribution in [0.5, 0.6) is 0 Å². The summed E-state index contributed by atoms with van der Waals surface area (Å²) in [5, 5.41) is 56.6. The van der Waals surface area contributed by atoms with Gasteiger partial charge in [0.1, 0.15) is 6.29 Å². The second-order valence-corrected chi connectivity index (χ2v) is 5.83. The number of aliphatic hydroxyl groups is 3. The maximum atomic E-state index is 10.7. The summed E-state index contributed by atoms with van der Waals surface area (Å²) in [6.07, 6.45) is -3.41. The van der Waals surface area contributed by atoms with Crippen molar-refractivity contribution in [2.45, 2.75) is 49.3 Å². The van der Waals surface area contributed by atoms with Crippen LogP contribution in [0.25, 0.3) is 0 Å². The zero-order chi connectivity index (χ0) is 19.0. The maximum absolute atomic E-state index is 10.7. The van der Waals surface area contributed by atoms with Crippen LogP contribution in [-0.2, 0) is 14.4 Å². The molecule has 1 rings (SSSR count). The third-order valence-corrected chi connectivity index (χ3v) is 4.06. The Bertz CT molecular complexity index is 463. The van der Waals surface area contributed by atoms with E-state index < -0.39 is 54.9 Å². The predicted molar refractivity (Wildman–Crippen MR) is 84.0 cm³/mol. The van der Waals surface area contributed by atoms with Gasteiger partial charge >= 0.3 is 11.9 Å². The van der Waals surface area contributed by atoms with Crippen LogP contribution < -0.4 is 16.0 Å². The number of carbonyl (C=O) groups excluding carboxylic acids is 1. The van der Waals surface area contributed by atoms with Gasteiger partial charge in [0.25, 0.3) is 0 Å². The number of hydrogen-bond acceptors (Lipinski definition) is 9. The fourth-order valence-electron chi connectivity index (χ4n) is 2.86. The molecule has 11 nitrogen and oxygen atoms in total. The highest BCUT2D eigenvalue weighted by Gasteiger charge is 2.48. The van der Waals surface area contributed by atoms with Crippen LogP contribution in [-0.4, -0.2) is 99.8 Å². The summed E-state index contributed by atoms with van der Waals surface area (Å²) in [5.41, 5.74) is 0. The molecule has 0 amide bonds. The molecule has 0 unspecified atom stereocenters. The lowest BCUT2D eigenvalue weighted by atomic mass is 9.79. The van der Waals surface area contributed by atoms with Crippen LogP contribution in [0.3, 0.4) is 0 Å². The third-order valence-electron chi connectivity index (χ3n) is 4.06. The van der Waals surface area contributed by atoms with E-state index in [1.165, 1.54) is 0 Å². The number of aliphatic carboxylic acids is 2. The first-order chi connectivity index (χ1) is 11.8. The van der Waals surface area contributed by atoms with Crippen molar-refractivity contribution >= 4 is 18.2 Å². The van der Waals surface area contributed by atoms with E-state index in [-0.39, 0.29) is 25.9 Å². The zero-order valence-corrected chi connectivity index (χ0v) is 13.5. The van der Waals surface area contributed by atoms with Crippen LogP contribution in [0, 0.1) is 0 Å². The van der Waals surface area contributed by atoms with Gasteiger partial charge in [-0.15, -0.1) is 0 Å². The number of aldehydes is 1. The minimum atomic E-state index is -1.36. The number of rotatable bonds is 11. The molecule has 0 saturated heterocycles. The Morgan fingerprint density at radius 3 is 1.72 bits per heavy atom. The van der Waals surface area contributed by atoms with E-state index in [1.54, 1.807) is 0 Å². The molecule has 11 heteroatoms. The quantitative estimate of drug-likeness (QED) is 0.132. The van der Waals surface area contributed by atoms with Crippen molar-refractivity contribution in [3.8, 4) is 0 Å². The summed E-state index contributed by atoms with van der Waals surface area (Å²) < 4.78 is 0. The van der Waals surface area contributed by atoms with Gasteiger partial charge in [0.15, 0.2) is 0 Å². The van der Waals surface area contributed by atoms with Gasteiger partial charge in [-0.05, 0) is 0 Å². The second-order valence-electron chi connectivity index (χ2n) is 5.83. The molecule has 144 valence electrons. The smallest absolute Gasteiger partial charge is 0.317 e. The number of hydrogen-bond donors (Lipinski definition) is 8. The van der Waals surface area contributed by atoms with Crippen LogP contribution in [0.15, 0.2) is 0 Å². The molecule has 0 aromatic carbocycles. The lowest BCUT2D eigenvalue weighted by Crippen LogP contribution is -2.74. The summed E-state index contributed by atoms with van der Waals surface area (Å²) >= 11 is 0. The number of carboxylic acids is 2. The Kier molecular flexibility index (Phi) is 8.89. The van der Waals surface area contributed by atoms with Crippen molar-refractivity contribution in [3.63, 3.8) is 0 Å². The molecule has 1 saturated carbocycles. The van der Waals surface area contributed by atoms with Gasteiger partial charge in [-0.2, -0.15) is 0 Å². The highest BCUT2D eigenvalue weighted by atomic mass is 16.4. The Hall–Kier alpha value is -1.63. The average Bonchev–Trinajstić information content (AvgIpc) is 2.53. The van der Waals surface area contributed by atoms with E-state index in [9.17, 15) is 29.7 Å². The fourth-order valence-corrected chi connectivity index (χ4v) is 2.86. The van der Waals surface area contributed by atoms with Crippen molar-refractivity contribution in [1.82, 2.24) is 16.0 Å². The maximum Gasteiger partial charge on any atom is 0.317 e. The fraction of sp³-hybridized carbons (Fsp3) is 0.786. The summed E-state index contributed by atoms with van der Waals surface area (Å²) in [5.74, 6) is -2.25. The van der Waals surface area contributed by atoms with E-state index in [0.29, 0.717) is 6.29 Å². The van der Waals surface area contributed by atoms with Crippen molar-refractivity contribution in [3.05, 3.63) is 0 Å². The van der Waals surface area contributed by atoms with Crippen molar-refractivity contribution in [2.24, 2.45) is 0 Å². The largest absolute Gasteiger partial charge is 0.481 e. The average molecular weight is 363 g/mol. The van der Waals surface area contributed by atoms with Gasteiger partial charge in [0, 0.05) is 19.5 Å². The van der Waals surface area contributed by atoms with Gasteiger partial charge < -0.3 is 41.0 Å². The zero-order valence-electron chi connectivity index (χ0n) is 13.5. The monoisotopic (exact) mass is 363 g/mol. The Morgan fingerprint density at radius 2 is 1.28 bits per heavy atom. The first kappa shape index (κ1) is 21.4. The van der Waals surface area contributed by atoms with Gasteiger partial charge in [0.2, 0.25) is 0 Å². The summed E-state index contributed by atoms with van der Waals surface area (Å²) in [4.78, 5) is 31.8. The van der Waals surface area contributed by atoms with E-state index in [0.717, 1.165) is 0 Å². The molecule has 1 aliphatic rings. The molecule has 0 aliphatic heterocycles. The molecule has 0 heterocycles. The standard InChI is InChI=1S/C14H25N3O8/c18-5-1-3-15-9-12(23)10(16-4-2-7(19)20)14(25)11(13(9)24)17-6-8(21)22/h5,9-17,23-25H,1-4,6H2,(H,19,20)(H,21,22)/t9-,10+,11-,12+,13-,14+/m1/s1. The van der Waals surface area contributed by atoms with Gasteiger partial charge in [0.05, 0.1) is 49.4 Å². The summed E-state index contributed by atoms with van der Waals surface area (Å²) in [7, 11) is 0. The van der Waals surface area contributed by atoms with Crippen molar-refractivity contribution in [1.29, 1.82) is 0 Å². The molecule has 25 heavy (non-hydrogen) atoms. The lowest BCUT2D eigenvalue weighted by Gasteiger charge is -2.47. The highest BCUT2D eigenvalue weighted by Crippen LogP contribution is 2.22. The van der Waals surface area contributed by atoms with E-state index in [4.69, 9.17) is 10.2 Å². The number of aliphatic hydroxyl groups excluding tert-OH is 3. The summed E-state index contributed by atoms with van der Waals surface area (Å²) in [6, 6.07) is -3.02. The molecule has 0 bridgehead atoms. The molecule has 0 spiro atoms. The molecule has 1 fully saturated rings. The highest BCUT2D eigenvalue weighted by molar-refractivity contribution is 5.69. The van der Waals surface area contributed by atoms with E-state index in [1.807, 2.05) is 0 Å². The van der Waals surface area contributed by atoms with E-state index >= 15 is 0 Å². The number of carboxylic acid groups (broad SMARTS) is 2. The van der Waals surface area contributed by atoms with Crippen LogP contribution in [0.4, 0.5) is 0 Å². The SMILES string of the molecule is O=CCCN[C@@H]1[C@H](O)[C@H](NCCC(=O)O)[C@H](O)[C@H](NCC(=O)O)[C@@H]1O. The minimum absolute atomic E-state index is 0.0308. The Morgan fingerprint density at radius 1 is 0.800 bits per heavy atom.